The molecule has 0 N–H and O–H groups in total. The number of likely N-dealkylation sites (tertiary alicyclic amines) is 2. The van der Waals surface area contributed by atoms with E-state index in [1.54, 1.807) is 6.07 Å². The molecule has 1 aromatic heterocycles. The smallest absolute Gasteiger partial charge is 0.226 e. The Morgan fingerprint density at radius 3 is 2.52 bits per heavy atom. The second-order valence-electron chi connectivity index (χ2n) is 9.70. The van der Waals surface area contributed by atoms with Crippen LogP contribution in [-0.4, -0.2) is 46.4 Å². The molecule has 2 aliphatic heterocycles. The molecule has 3 aliphatic rings. The second kappa shape index (κ2) is 8.70. The molecule has 0 bridgehead atoms. The highest BCUT2D eigenvalue weighted by atomic mass is 19.1. The fourth-order valence-corrected chi connectivity index (χ4v) is 6.28. The number of piperidine rings is 1. The number of carbonyl (C=O) groups excluding carboxylic acids is 1. The summed E-state index contributed by atoms with van der Waals surface area (Å²) in [7, 11) is 0. The molecule has 1 saturated carbocycles. The summed E-state index contributed by atoms with van der Waals surface area (Å²) in [5.74, 6) is -0.164. The number of amides is 1. The monoisotopic (exact) mass is 421 g/mol. The third-order valence-electron chi connectivity index (χ3n) is 7.81. The molecule has 2 aromatic rings. The summed E-state index contributed by atoms with van der Waals surface area (Å²) in [4.78, 5) is 21.7. The van der Waals surface area contributed by atoms with E-state index in [1.807, 2.05) is 23.4 Å². The number of hydrogen-bond acceptors (Lipinski definition) is 3. The van der Waals surface area contributed by atoms with Crippen LogP contribution in [0.5, 0.6) is 0 Å². The van der Waals surface area contributed by atoms with Crippen molar-refractivity contribution in [3.8, 4) is 0 Å². The molecule has 1 spiro atoms. The number of pyridine rings is 1. The number of rotatable bonds is 4. The molecular weight excluding hydrogens is 389 g/mol. The van der Waals surface area contributed by atoms with Crippen LogP contribution >= 0.6 is 0 Å². The van der Waals surface area contributed by atoms with Crippen LogP contribution in [0.4, 0.5) is 4.39 Å². The summed E-state index contributed by atoms with van der Waals surface area (Å²) in [6, 6.07) is 11.8. The Morgan fingerprint density at radius 1 is 1.06 bits per heavy atom. The Bertz CT molecular complexity index is 904. The Labute approximate surface area is 184 Å². The zero-order valence-electron chi connectivity index (χ0n) is 18.2. The van der Waals surface area contributed by atoms with Gasteiger partial charge in [-0.3, -0.25) is 14.7 Å². The fraction of sp³-hybridized carbons (Fsp3) is 0.538. The van der Waals surface area contributed by atoms with E-state index in [4.69, 9.17) is 0 Å². The summed E-state index contributed by atoms with van der Waals surface area (Å²) >= 11 is 0. The average molecular weight is 422 g/mol. The number of aromatic nitrogens is 1. The normalized spacial score (nSPS) is 24.2. The Morgan fingerprint density at radius 2 is 1.81 bits per heavy atom. The third kappa shape index (κ3) is 4.12. The molecule has 1 aliphatic carbocycles. The maximum Gasteiger partial charge on any atom is 0.226 e. The Hall–Kier alpha value is -2.27. The van der Waals surface area contributed by atoms with Crippen LogP contribution in [0.2, 0.25) is 0 Å². The second-order valence-corrected chi connectivity index (χ2v) is 9.70. The highest BCUT2D eigenvalue weighted by Crippen LogP contribution is 2.58. The number of benzene rings is 1. The van der Waals surface area contributed by atoms with E-state index in [-0.39, 0.29) is 18.1 Å². The van der Waals surface area contributed by atoms with Crippen molar-refractivity contribution in [1.82, 2.24) is 14.8 Å². The zero-order chi connectivity index (χ0) is 21.3. The van der Waals surface area contributed by atoms with Gasteiger partial charge in [-0.15, -0.1) is 0 Å². The number of nitrogens with zero attached hydrogens (tertiary/aromatic N) is 3. The van der Waals surface area contributed by atoms with Crippen molar-refractivity contribution >= 4 is 5.91 Å². The van der Waals surface area contributed by atoms with Crippen molar-refractivity contribution < 1.29 is 9.18 Å². The van der Waals surface area contributed by atoms with Gasteiger partial charge in [0.1, 0.15) is 5.82 Å². The predicted octanol–water partition coefficient (Wildman–Crippen LogP) is 4.76. The van der Waals surface area contributed by atoms with Crippen molar-refractivity contribution in [3.05, 3.63) is 65.7 Å². The quantitative estimate of drug-likeness (QED) is 0.714. The van der Waals surface area contributed by atoms with Gasteiger partial charge in [0, 0.05) is 49.5 Å². The van der Waals surface area contributed by atoms with E-state index in [9.17, 15) is 9.18 Å². The lowest BCUT2D eigenvalue weighted by atomic mass is 9.60. The van der Waals surface area contributed by atoms with Gasteiger partial charge < -0.3 is 4.90 Å². The molecule has 3 fully saturated rings. The Balaban J connectivity index is 1.23. The zero-order valence-corrected chi connectivity index (χ0v) is 18.2. The molecule has 2 saturated heterocycles. The van der Waals surface area contributed by atoms with Gasteiger partial charge in [-0.05, 0) is 61.1 Å². The van der Waals surface area contributed by atoms with E-state index in [1.165, 1.54) is 56.3 Å². The molecule has 1 aromatic carbocycles. The maximum absolute atomic E-state index is 13.4. The lowest BCUT2D eigenvalue weighted by Crippen LogP contribution is -2.63. The average Bonchev–Trinajstić information content (AvgIpc) is 2.79. The molecule has 3 heterocycles. The lowest BCUT2D eigenvalue weighted by Gasteiger charge is -2.63. The number of halogens is 1. The molecule has 31 heavy (non-hydrogen) atoms. The van der Waals surface area contributed by atoms with Crippen LogP contribution in [0.25, 0.3) is 0 Å². The minimum Gasteiger partial charge on any atom is -0.342 e. The van der Waals surface area contributed by atoms with Gasteiger partial charge in [-0.1, -0.05) is 31.4 Å². The van der Waals surface area contributed by atoms with Crippen LogP contribution < -0.4 is 0 Å². The molecule has 5 rings (SSSR count). The molecule has 4 nitrogen and oxygen atoms in total. The predicted molar refractivity (Wildman–Crippen MR) is 119 cm³/mol. The topological polar surface area (TPSA) is 36.4 Å². The van der Waals surface area contributed by atoms with Gasteiger partial charge in [-0.2, -0.15) is 0 Å². The standard InChI is InChI=1S/C26H32FN3O/c27-22-6-4-5-20(17-22)18-24(31)29-15-9-23(10-16-29)30-19-26(11-2-1-3-12-26)25(30)21-7-13-28-14-8-21/h4-8,13-14,17,23,25H,1-3,9-12,15-16,18-19H2. The molecular formula is C26H32FN3O. The van der Waals surface area contributed by atoms with Crippen LogP contribution in [-0.2, 0) is 11.2 Å². The molecule has 5 heteroatoms. The van der Waals surface area contributed by atoms with Crippen LogP contribution in [0.3, 0.4) is 0 Å². The van der Waals surface area contributed by atoms with Gasteiger partial charge in [-0.25, -0.2) is 4.39 Å². The highest BCUT2D eigenvalue weighted by molar-refractivity contribution is 5.78. The van der Waals surface area contributed by atoms with Gasteiger partial charge in [0.2, 0.25) is 5.91 Å². The third-order valence-corrected chi connectivity index (χ3v) is 7.81. The van der Waals surface area contributed by atoms with Gasteiger partial charge in [0.25, 0.3) is 0 Å². The minimum atomic E-state index is -0.277. The summed E-state index contributed by atoms with van der Waals surface area (Å²) < 4.78 is 13.4. The van der Waals surface area contributed by atoms with Gasteiger partial charge in [0.15, 0.2) is 0 Å². The van der Waals surface area contributed by atoms with E-state index in [2.05, 4.69) is 22.0 Å². The molecule has 1 unspecified atom stereocenters. The van der Waals surface area contributed by atoms with Crippen molar-refractivity contribution in [2.45, 2.75) is 63.5 Å². The first-order valence-corrected chi connectivity index (χ1v) is 11.8. The molecule has 1 amide bonds. The summed E-state index contributed by atoms with van der Waals surface area (Å²) in [6.45, 7) is 2.79. The van der Waals surface area contributed by atoms with Crippen LogP contribution in [0.1, 0.15) is 62.1 Å². The Kier molecular flexibility index (Phi) is 5.79. The first-order valence-electron chi connectivity index (χ1n) is 11.8. The molecule has 164 valence electrons. The number of hydrogen-bond donors (Lipinski definition) is 0. The molecule has 1 atom stereocenters. The molecule has 0 radical (unpaired) electrons. The summed E-state index contributed by atoms with van der Waals surface area (Å²) in [6.07, 6.45) is 12.9. The van der Waals surface area contributed by atoms with E-state index >= 15 is 0 Å². The first-order chi connectivity index (χ1) is 15.1. The van der Waals surface area contributed by atoms with E-state index in [0.29, 0.717) is 17.5 Å². The van der Waals surface area contributed by atoms with Crippen LogP contribution in [0, 0.1) is 11.2 Å². The van der Waals surface area contributed by atoms with Crippen molar-refractivity contribution in [2.75, 3.05) is 19.6 Å². The van der Waals surface area contributed by atoms with Crippen molar-refractivity contribution in [2.24, 2.45) is 5.41 Å². The minimum absolute atomic E-state index is 0.113. The summed E-state index contributed by atoms with van der Waals surface area (Å²) in [5.41, 5.74) is 2.60. The SMILES string of the molecule is O=C(Cc1cccc(F)c1)N1CCC(N2CC3(CCCCC3)C2c2ccncc2)CC1. The van der Waals surface area contributed by atoms with Gasteiger partial charge in [0.05, 0.1) is 6.42 Å². The highest BCUT2D eigenvalue weighted by Gasteiger charge is 2.54. The summed E-state index contributed by atoms with van der Waals surface area (Å²) in [5, 5.41) is 0. The van der Waals surface area contributed by atoms with Crippen LogP contribution in [0.15, 0.2) is 48.8 Å². The maximum atomic E-state index is 13.4. The fourth-order valence-electron chi connectivity index (χ4n) is 6.28. The largest absolute Gasteiger partial charge is 0.342 e. The number of carbonyl (C=O) groups is 1. The van der Waals surface area contributed by atoms with Crippen molar-refractivity contribution in [1.29, 1.82) is 0 Å². The van der Waals surface area contributed by atoms with Gasteiger partial charge >= 0.3 is 0 Å². The van der Waals surface area contributed by atoms with Crippen molar-refractivity contribution in [3.63, 3.8) is 0 Å². The van der Waals surface area contributed by atoms with E-state index in [0.717, 1.165) is 31.5 Å². The lowest BCUT2D eigenvalue weighted by molar-refractivity contribution is -0.143. The van der Waals surface area contributed by atoms with E-state index < -0.39 is 0 Å². The first kappa shape index (κ1) is 20.6.